The number of carboxylic acid groups (broad SMARTS) is 1. The molecule has 294 valence electrons. The second-order valence-corrected chi connectivity index (χ2v) is 16.1. The van der Waals surface area contributed by atoms with E-state index in [0.717, 1.165) is 70.5 Å². The minimum atomic E-state index is -0.826. The molecule has 0 saturated carbocycles. The van der Waals surface area contributed by atoms with Gasteiger partial charge in [0.1, 0.15) is 42.6 Å². The van der Waals surface area contributed by atoms with Crippen LogP contribution in [0.1, 0.15) is 71.9 Å². The number of likely N-dealkylation sites (tertiary alicyclic amines) is 2. The third-order valence-electron chi connectivity index (χ3n) is 11.9. The molecule has 3 aliphatic heterocycles. The number of aromatic nitrogens is 1. The van der Waals surface area contributed by atoms with Gasteiger partial charge in [0.05, 0.1) is 17.2 Å². The molecular weight excluding hydrogens is 726 g/mol. The fraction of sp³-hybridized carbons (Fsp3) is 0.444. The van der Waals surface area contributed by atoms with E-state index in [0.29, 0.717) is 53.6 Å². The Balaban J connectivity index is 1.03. The monoisotopic (exact) mass is 777 g/mol. The molecule has 1 atom stereocenters. The first-order chi connectivity index (χ1) is 27.2. The number of benzene rings is 3. The van der Waals surface area contributed by atoms with E-state index in [1.54, 1.807) is 18.3 Å². The van der Waals surface area contributed by atoms with Crippen LogP contribution in [0.4, 0.5) is 0 Å². The molecule has 56 heavy (non-hydrogen) atoms. The molecule has 1 aromatic heterocycles. The third-order valence-corrected chi connectivity index (χ3v) is 12.2. The SMILES string of the molecule is Cc1c(COc2cc(OCc3cncc(C#N)c3)c(CN3CCCC[C@H]3C(=O)O)cc2Cl)cccc1-c1cccc(OCCCN2CCC3(CC2)CNC3)c1C. The Morgan fingerprint density at radius 2 is 1.70 bits per heavy atom. The topological polar surface area (TPSA) is 120 Å². The van der Waals surface area contributed by atoms with Crippen molar-refractivity contribution < 1.29 is 24.1 Å². The first-order valence-electron chi connectivity index (χ1n) is 19.9. The van der Waals surface area contributed by atoms with E-state index < -0.39 is 12.0 Å². The average Bonchev–Trinajstić information content (AvgIpc) is 3.20. The molecule has 3 saturated heterocycles. The largest absolute Gasteiger partial charge is 0.493 e. The van der Waals surface area contributed by atoms with Crippen molar-refractivity contribution in [3.63, 3.8) is 0 Å². The average molecular weight is 778 g/mol. The van der Waals surface area contributed by atoms with Gasteiger partial charge in [0, 0.05) is 55.8 Å². The van der Waals surface area contributed by atoms with Crippen LogP contribution in [0.25, 0.3) is 11.1 Å². The number of halogens is 1. The molecule has 3 aliphatic rings. The quantitative estimate of drug-likeness (QED) is 0.115. The minimum Gasteiger partial charge on any atom is -0.493 e. The lowest BCUT2D eigenvalue weighted by Crippen LogP contribution is -2.58. The van der Waals surface area contributed by atoms with E-state index in [1.165, 1.54) is 45.2 Å². The van der Waals surface area contributed by atoms with Gasteiger partial charge < -0.3 is 29.5 Å². The van der Waals surface area contributed by atoms with Crippen LogP contribution >= 0.6 is 11.6 Å². The van der Waals surface area contributed by atoms with Gasteiger partial charge in [0.15, 0.2) is 0 Å². The molecule has 7 rings (SSSR count). The van der Waals surface area contributed by atoms with Crippen molar-refractivity contribution in [3.05, 3.63) is 105 Å². The summed E-state index contributed by atoms with van der Waals surface area (Å²) in [6.45, 7) is 12.2. The number of piperidine rings is 2. The van der Waals surface area contributed by atoms with Crippen molar-refractivity contribution in [2.75, 3.05) is 45.9 Å². The van der Waals surface area contributed by atoms with E-state index >= 15 is 0 Å². The number of nitrogens with one attached hydrogen (secondary N) is 1. The Hall–Kier alpha value is -4.66. The predicted molar refractivity (Wildman–Crippen MR) is 217 cm³/mol. The number of nitriles is 1. The van der Waals surface area contributed by atoms with Crippen LogP contribution in [-0.4, -0.2) is 77.8 Å². The van der Waals surface area contributed by atoms with Crippen LogP contribution in [0.15, 0.2) is 67.0 Å². The summed E-state index contributed by atoms with van der Waals surface area (Å²) in [4.78, 5) is 20.8. The van der Waals surface area contributed by atoms with E-state index in [1.807, 2.05) is 11.0 Å². The zero-order valence-corrected chi connectivity index (χ0v) is 33.2. The number of nitrogens with zero attached hydrogens (tertiary/aromatic N) is 4. The summed E-state index contributed by atoms with van der Waals surface area (Å²) in [5.74, 6) is 1.08. The summed E-state index contributed by atoms with van der Waals surface area (Å²) in [6, 6.07) is 19.4. The molecule has 0 bridgehead atoms. The number of pyridine rings is 1. The summed E-state index contributed by atoms with van der Waals surface area (Å²) in [5, 5.41) is 23.2. The van der Waals surface area contributed by atoms with Crippen molar-refractivity contribution in [1.82, 2.24) is 20.1 Å². The molecule has 11 heteroatoms. The maximum absolute atomic E-state index is 12.1. The van der Waals surface area contributed by atoms with E-state index in [-0.39, 0.29) is 13.2 Å². The number of carboxylic acids is 1. The highest BCUT2D eigenvalue weighted by Crippen LogP contribution is 2.38. The minimum absolute atomic E-state index is 0.166. The molecule has 0 aliphatic carbocycles. The van der Waals surface area contributed by atoms with Gasteiger partial charge in [-0.15, -0.1) is 0 Å². The number of carbonyl (C=O) groups is 1. The summed E-state index contributed by atoms with van der Waals surface area (Å²) < 4.78 is 19.1. The van der Waals surface area contributed by atoms with Crippen LogP contribution in [0.3, 0.4) is 0 Å². The van der Waals surface area contributed by atoms with Crippen molar-refractivity contribution in [3.8, 4) is 34.4 Å². The molecule has 10 nitrogen and oxygen atoms in total. The van der Waals surface area contributed by atoms with Crippen molar-refractivity contribution in [2.24, 2.45) is 5.41 Å². The van der Waals surface area contributed by atoms with Gasteiger partial charge in [-0.2, -0.15) is 5.26 Å². The summed E-state index contributed by atoms with van der Waals surface area (Å²) >= 11 is 6.88. The molecule has 0 unspecified atom stereocenters. The Morgan fingerprint density at radius 3 is 2.45 bits per heavy atom. The number of ether oxygens (including phenoxy) is 3. The Bertz CT molecular complexity index is 2050. The number of rotatable bonds is 15. The van der Waals surface area contributed by atoms with Crippen LogP contribution in [0.2, 0.25) is 5.02 Å². The zero-order chi connectivity index (χ0) is 39.1. The molecule has 4 aromatic rings. The molecule has 3 aromatic carbocycles. The first kappa shape index (κ1) is 39.6. The maximum Gasteiger partial charge on any atom is 0.320 e. The summed E-state index contributed by atoms with van der Waals surface area (Å²) in [5.41, 5.74) is 8.01. The molecule has 2 N–H and O–H groups in total. The van der Waals surface area contributed by atoms with Gasteiger partial charge in [-0.05, 0) is 117 Å². The lowest BCUT2D eigenvalue weighted by Gasteiger charge is -2.48. The molecule has 4 heterocycles. The highest BCUT2D eigenvalue weighted by molar-refractivity contribution is 6.32. The first-order valence-corrected chi connectivity index (χ1v) is 20.2. The Morgan fingerprint density at radius 1 is 0.929 bits per heavy atom. The lowest BCUT2D eigenvalue weighted by molar-refractivity contribution is -0.144. The molecule has 1 spiro atoms. The van der Waals surface area contributed by atoms with Gasteiger partial charge in [0.2, 0.25) is 0 Å². The predicted octanol–water partition coefficient (Wildman–Crippen LogP) is 7.94. The third kappa shape index (κ3) is 9.30. The standard InChI is InChI=1S/C45H52ClN5O5/c1-31-35(8-5-9-37(31)38-10-6-12-41(32(38)2)54-19-7-15-50-17-13-45(14-18-50)29-49-30-45)28-56-43-22-42(55-27-34-20-33(23-47)24-48-25-34)36(21-39(43)46)26-51-16-4-3-11-40(51)44(52)53/h5-6,8-10,12,20-22,24-25,40,49H,3-4,7,11,13-19,26-30H2,1-2H3,(H,52,53)/t40-/m0/s1. The van der Waals surface area contributed by atoms with Crippen LogP contribution in [0, 0.1) is 30.6 Å². The molecule has 0 amide bonds. The van der Waals surface area contributed by atoms with Gasteiger partial charge in [-0.3, -0.25) is 14.7 Å². The van der Waals surface area contributed by atoms with E-state index in [4.69, 9.17) is 25.8 Å². The lowest BCUT2D eigenvalue weighted by atomic mass is 9.73. The van der Waals surface area contributed by atoms with Crippen LogP contribution in [-0.2, 0) is 24.6 Å². The van der Waals surface area contributed by atoms with Crippen molar-refractivity contribution in [2.45, 2.75) is 78.2 Å². The summed E-state index contributed by atoms with van der Waals surface area (Å²) in [6.07, 6.45) is 9.18. The second kappa shape index (κ2) is 18.1. The Labute approximate surface area is 335 Å². The van der Waals surface area contributed by atoms with Gasteiger partial charge in [0.25, 0.3) is 0 Å². The van der Waals surface area contributed by atoms with Gasteiger partial charge >= 0.3 is 5.97 Å². The molecule has 0 radical (unpaired) electrons. The smallest absolute Gasteiger partial charge is 0.320 e. The zero-order valence-electron chi connectivity index (χ0n) is 32.5. The molecular formula is C45H52ClN5O5. The van der Waals surface area contributed by atoms with E-state index in [9.17, 15) is 15.2 Å². The van der Waals surface area contributed by atoms with Crippen LogP contribution in [0.5, 0.6) is 17.2 Å². The highest BCUT2D eigenvalue weighted by atomic mass is 35.5. The van der Waals surface area contributed by atoms with E-state index in [2.05, 4.69) is 71.5 Å². The fourth-order valence-corrected chi connectivity index (χ4v) is 8.56. The maximum atomic E-state index is 12.1. The highest BCUT2D eigenvalue weighted by Gasteiger charge is 2.39. The number of hydrogen-bond acceptors (Lipinski definition) is 9. The van der Waals surface area contributed by atoms with Crippen molar-refractivity contribution >= 4 is 17.6 Å². The van der Waals surface area contributed by atoms with Gasteiger partial charge in [-0.1, -0.05) is 48.4 Å². The normalized spacial score (nSPS) is 18.2. The van der Waals surface area contributed by atoms with Gasteiger partial charge in [-0.25, -0.2) is 0 Å². The molecule has 3 fully saturated rings. The van der Waals surface area contributed by atoms with Crippen LogP contribution < -0.4 is 19.5 Å². The number of hydrogen-bond donors (Lipinski definition) is 2. The second-order valence-electron chi connectivity index (χ2n) is 15.6. The number of aliphatic carboxylic acids is 1. The fourth-order valence-electron chi connectivity index (χ4n) is 8.32. The summed E-state index contributed by atoms with van der Waals surface area (Å²) in [7, 11) is 0. The van der Waals surface area contributed by atoms with Crippen molar-refractivity contribution in [1.29, 1.82) is 5.26 Å². The Kier molecular flexibility index (Phi) is 12.8.